The summed E-state index contributed by atoms with van der Waals surface area (Å²) in [6.45, 7) is 4.33. The highest BCUT2D eigenvalue weighted by Crippen LogP contribution is 2.43. The van der Waals surface area contributed by atoms with E-state index in [2.05, 4.69) is 14.8 Å². The SMILES string of the molecule is COc1cc2c(cc1S(=O)(=O)NC(=O)c1ccc3c(-n4cccn4)cccc3n1)C(C)(C)CO2. The first kappa shape index (κ1) is 21.9. The van der Waals surface area contributed by atoms with E-state index < -0.39 is 15.9 Å². The first-order valence-electron chi connectivity index (χ1n) is 10.5. The smallest absolute Gasteiger partial charge is 0.283 e. The predicted molar refractivity (Wildman–Crippen MR) is 125 cm³/mol. The van der Waals surface area contributed by atoms with Crippen molar-refractivity contribution in [3.05, 3.63) is 72.2 Å². The summed E-state index contributed by atoms with van der Waals surface area (Å²) in [4.78, 5) is 17.2. The van der Waals surface area contributed by atoms with E-state index in [1.807, 2.05) is 19.9 Å². The number of carbonyl (C=O) groups excluding carboxylic acids is 1. The largest absolute Gasteiger partial charge is 0.495 e. The lowest BCUT2D eigenvalue weighted by Crippen LogP contribution is -2.31. The number of rotatable bonds is 5. The van der Waals surface area contributed by atoms with Crippen LogP contribution in [-0.4, -0.2) is 42.8 Å². The number of nitrogens with zero attached hydrogens (tertiary/aromatic N) is 3. The van der Waals surface area contributed by atoms with Crippen LogP contribution in [0.25, 0.3) is 16.6 Å². The summed E-state index contributed by atoms with van der Waals surface area (Å²) in [7, 11) is -2.89. The van der Waals surface area contributed by atoms with Crippen LogP contribution in [0.5, 0.6) is 11.5 Å². The van der Waals surface area contributed by atoms with Gasteiger partial charge in [-0.15, -0.1) is 0 Å². The molecular weight excluding hydrogens is 456 g/mol. The minimum Gasteiger partial charge on any atom is -0.495 e. The Labute approximate surface area is 196 Å². The third-order valence-corrected chi connectivity index (χ3v) is 7.14. The minimum atomic E-state index is -4.25. The second-order valence-electron chi connectivity index (χ2n) is 8.60. The van der Waals surface area contributed by atoms with Gasteiger partial charge in [-0.3, -0.25) is 4.79 Å². The van der Waals surface area contributed by atoms with Crippen molar-refractivity contribution in [1.29, 1.82) is 0 Å². The summed E-state index contributed by atoms with van der Waals surface area (Å²) < 4.78 is 41.1. The Morgan fingerprint density at radius 2 is 2.00 bits per heavy atom. The van der Waals surface area contributed by atoms with Gasteiger partial charge >= 0.3 is 0 Å². The van der Waals surface area contributed by atoms with Gasteiger partial charge in [-0.1, -0.05) is 19.9 Å². The molecule has 9 nitrogen and oxygen atoms in total. The van der Waals surface area contributed by atoms with Gasteiger partial charge in [-0.25, -0.2) is 22.8 Å². The fraction of sp³-hybridized carbons (Fsp3) is 0.208. The van der Waals surface area contributed by atoms with E-state index in [1.54, 1.807) is 41.3 Å². The summed E-state index contributed by atoms with van der Waals surface area (Å²) >= 11 is 0. The maximum absolute atomic E-state index is 13.2. The molecule has 10 heteroatoms. The van der Waals surface area contributed by atoms with Gasteiger partial charge < -0.3 is 9.47 Å². The molecule has 3 heterocycles. The lowest BCUT2D eigenvalue weighted by molar-refractivity contribution is 0.0977. The number of nitrogens with one attached hydrogen (secondary N) is 1. The molecule has 1 aliphatic rings. The van der Waals surface area contributed by atoms with Gasteiger partial charge in [-0.2, -0.15) is 5.10 Å². The Hall–Kier alpha value is -3.92. The molecule has 0 aliphatic carbocycles. The van der Waals surface area contributed by atoms with E-state index in [9.17, 15) is 13.2 Å². The number of carbonyl (C=O) groups is 1. The number of sulfonamides is 1. The average molecular weight is 479 g/mol. The Morgan fingerprint density at radius 3 is 2.74 bits per heavy atom. The molecule has 1 aliphatic heterocycles. The highest BCUT2D eigenvalue weighted by atomic mass is 32.2. The lowest BCUT2D eigenvalue weighted by Gasteiger charge is -2.17. The molecule has 0 atom stereocenters. The molecular formula is C24H22N4O5S. The van der Waals surface area contributed by atoms with E-state index >= 15 is 0 Å². The number of methoxy groups -OCH3 is 1. The monoisotopic (exact) mass is 478 g/mol. The van der Waals surface area contributed by atoms with Crippen molar-refractivity contribution in [1.82, 2.24) is 19.5 Å². The van der Waals surface area contributed by atoms with E-state index in [4.69, 9.17) is 9.47 Å². The zero-order valence-corrected chi connectivity index (χ0v) is 19.6. The van der Waals surface area contributed by atoms with Crippen molar-refractivity contribution in [3.63, 3.8) is 0 Å². The molecule has 0 fully saturated rings. The minimum absolute atomic E-state index is 0.0301. The van der Waals surface area contributed by atoms with Crippen molar-refractivity contribution < 1.29 is 22.7 Å². The quantitative estimate of drug-likeness (QED) is 0.469. The average Bonchev–Trinajstić information content (AvgIpc) is 3.45. The van der Waals surface area contributed by atoms with Gasteiger partial charge in [0.05, 0.1) is 24.9 Å². The van der Waals surface area contributed by atoms with Gasteiger partial charge in [0, 0.05) is 34.8 Å². The number of pyridine rings is 1. The van der Waals surface area contributed by atoms with E-state index in [0.29, 0.717) is 17.9 Å². The van der Waals surface area contributed by atoms with Crippen LogP contribution in [0.4, 0.5) is 0 Å². The summed E-state index contributed by atoms with van der Waals surface area (Å²) in [5, 5.41) is 5.01. The number of hydrogen-bond donors (Lipinski definition) is 1. The molecule has 0 bridgehead atoms. The van der Waals surface area contributed by atoms with E-state index in [1.165, 1.54) is 25.3 Å². The van der Waals surface area contributed by atoms with Crippen molar-refractivity contribution in [2.75, 3.05) is 13.7 Å². The second kappa shape index (κ2) is 7.84. The number of aromatic nitrogens is 3. The molecule has 0 radical (unpaired) electrons. The number of hydrogen-bond acceptors (Lipinski definition) is 7. The third kappa shape index (κ3) is 3.65. The molecule has 2 aromatic heterocycles. The molecule has 1 amide bonds. The molecule has 0 spiro atoms. The first-order valence-corrected chi connectivity index (χ1v) is 12.0. The van der Waals surface area contributed by atoms with Gasteiger partial charge in [0.2, 0.25) is 0 Å². The van der Waals surface area contributed by atoms with Crippen LogP contribution in [0.2, 0.25) is 0 Å². The Bertz CT molecular complexity index is 1530. The highest BCUT2D eigenvalue weighted by Gasteiger charge is 2.35. The van der Waals surface area contributed by atoms with Crippen LogP contribution in [-0.2, 0) is 15.4 Å². The number of benzene rings is 2. The van der Waals surface area contributed by atoms with Crippen LogP contribution in [0.1, 0.15) is 29.9 Å². The van der Waals surface area contributed by atoms with Crippen LogP contribution in [0, 0.1) is 0 Å². The summed E-state index contributed by atoms with van der Waals surface area (Å²) in [6, 6.07) is 13.5. The summed E-state index contributed by atoms with van der Waals surface area (Å²) in [5.41, 5.74) is 1.66. The van der Waals surface area contributed by atoms with Crippen LogP contribution >= 0.6 is 0 Å². The van der Waals surface area contributed by atoms with E-state index in [-0.39, 0.29) is 21.8 Å². The van der Waals surface area contributed by atoms with Crippen molar-refractivity contribution in [2.24, 2.45) is 0 Å². The van der Waals surface area contributed by atoms with Crippen LogP contribution in [0.3, 0.4) is 0 Å². The summed E-state index contributed by atoms with van der Waals surface area (Å²) in [6.07, 6.45) is 3.47. The normalized spacial score (nSPS) is 14.4. The van der Waals surface area contributed by atoms with Gasteiger partial charge in [-0.05, 0) is 36.4 Å². The van der Waals surface area contributed by atoms with Gasteiger partial charge in [0.1, 0.15) is 22.1 Å². The van der Waals surface area contributed by atoms with Crippen LogP contribution < -0.4 is 14.2 Å². The molecule has 5 rings (SSSR count). The van der Waals surface area contributed by atoms with E-state index in [0.717, 1.165) is 16.6 Å². The topological polar surface area (TPSA) is 112 Å². The van der Waals surface area contributed by atoms with Gasteiger partial charge in [0.25, 0.3) is 15.9 Å². The first-order chi connectivity index (χ1) is 16.2. The zero-order chi connectivity index (χ0) is 24.1. The third-order valence-electron chi connectivity index (χ3n) is 5.79. The van der Waals surface area contributed by atoms with Crippen LogP contribution in [0.15, 0.2) is 65.8 Å². The fourth-order valence-electron chi connectivity index (χ4n) is 4.00. The van der Waals surface area contributed by atoms with Crippen molar-refractivity contribution in [2.45, 2.75) is 24.2 Å². The Balaban J connectivity index is 1.49. The van der Waals surface area contributed by atoms with Gasteiger partial charge in [0.15, 0.2) is 0 Å². The molecule has 0 saturated carbocycles. The molecule has 0 unspecified atom stereocenters. The lowest BCUT2D eigenvalue weighted by atomic mass is 9.87. The molecule has 1 N–H and O–H groups in total. The number of fused-ring (bicyclic) bond motifs is 2. The molecule has 34 heavy (non-hydrogen) atoms. The Kier molecular flexibility index (Phi) is 5.05. The number of ether oxygens (including phenoxy) is 2. The summed E-state index contributed by atoms with van der Waals surface area (Å²) in [5.74, 6) is -0.187. The fourth-order valence-corrected chi connectivity index (χ4v) is 5.14. The molecule has 4 aromatic rings. The molecule has 2 aromatic carbocycles. The highest BCUT2D eigenvalue weighted by molar-refractivity contribution is 7.90. The number of amides is 1. The maximum atomic E-state index is 13.2. The second-order valence-corrected chi connectivity index (χ2v) is 10.2. The maximum Gasteiger partial charge on any atom is 0.283 e. The molecule has 0 saturated heterocycles. The predicted octanol–water partition coefficient (Wildman–Crippen LogP) is 3.22. The standard InChI is InChI=1S/C24H22N4O5S/c1-24(2)14-33-20-13-21(32-3)22(12-16(20)24)34(30,31)27-23(29)18-9-8-15-17(26-18)6-4-7-19(15)28-11-5-10-25-28/h4-13H,14H2,1-3H3,(H,27,29). The molecule has 174 valence electrons. The Morgan fingerprint density at radius 1 is 1.18 bits per heavy atom. The van der Waals surface area contributed by atoms with Crippen molar-refractivity contribution >= 4 is 26.8 Å². The van der Waals surface area contributed by atoms with Crippen molar-refractivity contribution in [3.8, 4) is 17.2 Å². The zero-order valence-electron chi connectivity index (χ0n) is 18.8.